The second-order valence-corrected chi connectivity index (χ2v) is 3.44. The molecule has 1 aliphatic rings. The van der Waals surface area contributed by atoms with E-state index in [2.05, 4.69) is 35.5 Å². The minimum atomic E-state index is 0. The van der Waals surface area contributed by atoms with Crippen LogP contribution in [0.15, 0.2) is 29.3 Å². The lowest BCUT2D eigenvalue weighted by Crippen LogP contribution is -2.12. The van der Waals surface area contributed by atoms with Gasteiger partial charge in [-0.15, -0.1) is 0 Å². The lowest BCUT2D eigenvalue weighted by Gasteiger charge is -1.92. The van der Waals surface area contributed by atoms with Crippen LogP contribution >= 0.6 is 24.4 Å². The summed E-state index contributed by atoms with van der Waals surface area (Å²) < 4.78 is 1.92. The molecular formula is C11H14N2S2. The average molecular weight is 238 g/mol. The molecule has 4 heteroatoms. The third-order valence-corrected chi connectivity index (χ3v) is 1.90. The lowest BCUT2D eigenvalue weighted by atomic mass is 10.1. The van der Waals surface area contributed by atoms with E-state index in [9.17, 15) is 0 Å². The second-order valence-electron chi connectivity index (χ2n) is 2.77. The van der Waals surface area contributed by atoms with Gasteiger partial charge in [0.25, 0.3) is 0 Å². The molecule has 2 nitrogen and oxygen atoms in total. The number of hydrogen-bond acceptors (Lipinski definition) is 4. The van der Waals surface area contributed by atoms with E-state index in [4.69, 9.17) is 5.73 Å². The molecule has 1 aliphatic heterocycles. The van der Waals surface area contributed by atoms with E-state index < -0.39 is 0 Å². The van der Waals surface area contributed by atoms with Gasteiger partial charge in [-0.3, -0.25) is 4.99 Å². The van der Waals surface area contributed by atoms with E-state index in [1.807, 2.05) is 22.5 Å². The number of aliphatic imine (C=N–C) groups is 1. The summed E-state index contributed by atoms with van der Waals surface area (Å²) in [6.45, 7) is 0.578. The number of nitrogens with two attached hydrogens (primary N) is 1. The number of thiocarbonyl (C=S) groups is 2. The number of benzene rings is 1. The molecule has 0 atom stereocenters. The average Bonchev–Trinajstić information content (AvgIpc) is 2.61. The molecule has 0 aromatic heterocycles. The molecule has 0 unspecified atom stereocenters. The van der Waals surface area contributed by atoms with Gasteiger partial charge in [0.1, 0.15) is 0 Å². The molecule has 0 saturated heterocycles. The standard InChI is InChI=1S/C9H10N2.CS2.CH4/c10-6-8-5-7-3-1-2-4-9(7)11-8;2-1-3;/h1-4H,5-6,10H2;;1H4. The summed E-state index contributed by atoms with van der Waals surface area (Å²) in [4.78, 5) is 4.36. The van der Waals surface area contributed by atoms with Gasteiger partial charge >= 0.3 is 0 Å². The first-order valence-corrected chi connectivity index (χ1v) is 4.97. The van der Waals surface area contributed by atoms with Crippen LogP contribution in [0, 0.1) is 0 Å². The van der Waals surface area contributed by atoms with E-state index >= 15 is 0 Å². The minimum absolute atomic E-state index is 0. The first-order chi connectivity index (χ1) is 6.81. The van der Waals surface area contributed by atoms with Crippen molar-refractivity contribution in [3.63, 3.8) is 0 Å². The summed E-state index contributed by atoms with van der Waals surface area (Å²) in [5.41, 5.74) is 8.96. The van der Waals surface area contributed by atoms with Crippen LogP contribution in [-0.2, 0) is 6.42 Å². The van der Waals surface area contributed by atoms with Crippen molar-refractivity contribution < 1.29 is 0 Å². The monoisotopic (exact) mass is 238 g/mol. The third kappa shape index (κ3) is 3.98. The zero-order valence-corrected chi connectivity index (χ0v) is 9.20. The Morgan fingerprint density at radius 1 is 1.33 bits per heavy atom. The van der Waals surface area contributed by atoms with Crippen LogP contribution in [0.2, 0.25) is 0 Å². The van der Waals surface area contributed by atoms with Gasteiger partial charge in [0, 0.05) is 23.0 Å². The summed E-state index contributed by atoms with van der Waals surface area (Å²) in [5, 5.41) is 0. The molecular weight excluding hydrogens is 224 g/mol. The van der Waals surface area contributed by atoms with Crippen molar-refractivity contribution >= 4 is 40.1 Å². The van der Waals surface area contributed by atoms with Crippen molar-refractivity contribution in [3.8, 4) is 0 Å². The van der Waals surface area contributed by atoms with E-state index in [-0.39, 0.29) is 7.43 Å². The molecule has 2 N–H and O–H groups in total. The normalized spacial score (nSPS) is 11.1. The van der Waals surface area contributed by atoms with Crippen LogP contribution in [0.5, 0.6) is 0 Å². The highest BCUT2D eigenvalue weighted by atomic mass is 32.1. The summed E-state index contributed by atoms with van der Waals surface area (Å²) in [5.74, 6) is 0. The maximum atomic E-state index is 5.48. The van der Waals surface area contributed by atoms with E-state index in [1.165, 1.54) is 5.56 Å². The van der Waals surface area contributed by atoms with Gasteiger partial charge in [-0.05, 0) is 36.1 Å². The maximum absolute atomic E-state index is 5.48. The molecule has 1 aromatic carbocycles. The number of nitrogens with zero attached hydrogens (tertiary/aromatic N) is 1. The molecule has 0 fully saturated rings. The highest BCUT2D eigenvalue weighted by molar-refractivity contribution is 7.93. The lowest BCUT2D eigenvalue weighted by molar-refractivity contribution is 1.25. The van der Waals surface area contributed by atoms with E-state index in [0.717, 1.165) is 17.8 Å². The highest BCUT2D eigenvalue weighted by Gasteiger charge is 2.10. The van der Waals surface area contributed by atoms with E-state index in [0.29, 0.717) is 6.54 Å². The summed E-state index contributed by atoms with van der Waals surface area (Å²) in [6.07, 6.45) is 0.937. The van der Waals surface area contributed by atoms with Crippen LogP contribution in [0.1, 0.15) is 13.0 Å². The first-order valence-electron chi connectivity index (χ1n) is 4.15. The number of fused-ring (bicyclic) bond motifs is 1. The fourth-order valence-electron chi connectivity index (χ4n) is 1.32. The van der Waals surface area contributed by atoms with Crippen molar-refractivity contribution in [3.05, 3.63) is 29.8 Å². The predicted molar refractivity (Wildman–Crippen MR) is 73.2 cm³/mol. The Hall–Kier alpha value is -0.930. The Balaban J connectivity index is 0.000000443. The molecule has 0 bridgehead atoms. The van der Waals surface area contributed by atoms with Crippen LogP contribution in [0.25, 0.3) is 0 Å². The fraction of sp³-hybridized carbons (Fsp3) is 0.273. The van der Waals surface area contributed by atoms with Crippen molar-refractivity contribution in [2.24, 2.45) is 10.7 Å². The van der Waals surface area contributed by atoms with Crippen LogP contribution in [0.3, 0.4) is 0 Å². The van der Waals surface area contributed by atoms with Crippen LogP contribution in [-0.4, -0.2) is 16.6 Å². The van der Waals surface area contributed by atoms with Gasteiger partial charge in [0.15, 0.2) is 0 Å². The predicted octanol–water partition coefficient (Wildman–Crippen LogP) is 2.93. The Morgan fingerprint density at radius 2 is 1.93 bits per heavy atom. The van der Waals surface area contributed by atoms with Gasteiger partial charge < -0.3 is 5.73 Å². The van der Waals surface area contributed by atoms with Crippen molar-refractivity contribution in [1.82, 2.24) is 0 Å². The van der Waals surface area contributed by atoms with Crippen molar-refractivity contribution in [2.75, 3.05) is 6.54 Å². The molecule has 2 rings (SSSR count). The largest absolute Gasteiger partial charge is 0.325 e. The highest BCUT2D eigenvalue weighted by Crippen LogP contribution is 2.25. The third-order valence-electron chi connectivity index (χ3n) is 1.90. The molecule has 1 heterocycles. The topological polar surface area (TPSA) is 38.4 Å². The van der Waals surface area contributed by atoms with E-state index in [1.54, 1.807) is 0 Å². The molecule has 1 aromatic rings. The molecule has 0 aliphatic carbocycles. The smallest absolute Gasteiger partial charge is 0.0665 e. The second kappa shape index (κ2) is 7.37. The summed E-state index contributed by atoms with van der Waals surface area (Å²) >= 11 is 7.92. The molecule has 80 valence electrons. The Kier molecular flexibility index (Phi) is 6.92. The zero-order chi connectivity index (χ0) is 10.4. The molecule has 15 heavy (non-hydrogen) atoms. The minimum Gasteiger partial charge on any atom is -0.325 e. The number of para-hydroxylation sites is 1. The Bertz CT molecular complexity index is 380. The number of rotatable bonds is 1. The fourth-order valence-corrected chi connectivity index (χ4v) is 1.32. The van der Waals surface area contributed by atoms with Gasteiger partial charge in [-0.2, -0.15) is 0 Å². The summed E-state index contributed by atoms with van der Waals surface area (Å²) in [6, 6.07) is 8.16. The number of hydrogen-bond donors (Lipinski definition) is 1. The Labute approximate surface area is 101 Å². The van der Waals surface area contributed by atoms with Gasteiger partial charge in [-0.1, -0.05) is 25.6 Å². The maximum Gasteiger partial charge on any atom is 0.0665 e. The van der Waals surface area contributed by atoms with Gasteiger partial charge in [0.05, 0.1) is 5.69 Å². The molecule has 0 saturated carbocycles. The first kappa shape index (κ1) is 14.1. The quantitative estimate of drug-likeness (QED) is 0.765. The summed E-state index contributed by atoms with van der Waals surface area (Å²) in [7, 11) is 0. The van der Waals surface area contributed by atoms with Crippen molar-refractivity contribution in [2.45, 2.75) is 13.8 Å². The van der Waals surface area contributed by atoms with Gasteiger partial charge in [0.2, 0.25) is 0 Å². The molecule has 0 radical (unpaired) electrons. The van der Waals surface area contributed by atoms with Gasteiger partial charge in [-0.25, -0.2) is 0 Å². The SMILES string of the molecule is C.NCC1=Nc2ccccc2C1.S=C=S. The zero-order valence-electron chi connectivity index (χ0n) is 7.56. The van der Waals surface area contributed by atoms with Crippen LogP contribution in [0.4, 0.5) is 5.69 Å². The molecule has 0 amide bonds. The Morgan fingerprint density at radius 3 is 2.47 bits per heavy atom. The molecule has 0 spiro atoms. The van der Waals surface area contributed by atoms with Crippen molar-refractivity contribution in [1.29, 1.82) is 0 Å². The van der Waals surface area contributed by atoms with Crippen LogP contribution < -0.4 is 5.73 Å².